The smallest absolute Gasteiger partial charge is 0.237 e. The van der Waals surface area contributed by atoms with E-state index in [1.54, 1.807) is 19.1 Å². The van der Waals surface area contributed by atoms with Gasteiger partial charge in [-0.05, 0) is 23.6 Å². The van der Waals surface area contributed by atoms with Crippen molar-refractivity contribution in [2.24, 2.45) is 0 Å². The first-order valence-corrected chi connectivity index (χ1v) is 7.55. The Hall–Kier alpha value is -2.46. The molecule has 2 aromatic rings. The first-order chi connectivity index (χ1) is 10.8. The summed E-state index contributed by atoms with van der Waals surface area (Å²) in [5.41, 5.74) is 3.10. The van der Waals surface area contributed by atoms with Crippen molar-refractivity contribution in [2.45, 2.75) is 32.3 Å². The molecule has 116 valence electrons. The number of furan rings is 1. The summed E-state index contributed by atoms with van der Waals surface area (Å²) in [6.07, 6.45) is 4.27. The molecule has 2 aliphatic carbocycles. The molecule has 0 fully saturated rings. The lowest BCUT2D eigenvalue weighted by Gasteiger charge is -2.35. The summed E-state index contributed by atoms with van der Waals surface area (Å²) in [7, 11) is 0. The van der Waals surface area contributed by atoms with Crippen molar-refractivity contribution in [3.63, 3.8) is 0 Å². The molecule has 1 atom stereocenters. The summed E-state index contributed by atoms with van der Waals surface area (Å²) >= 11 is 0. The Bertz CT molecular complexity index is 912. The van der Waals surface area contributed by atoms with Crippen LogP contribution in [-0.2, 0) is 5.41 Å². The van der Waals surface area contributed by atoms with Crippen molar-refractivity contribution in [3.05, 3.63) is 52.3 Å². The van der Waals surface area contributed by atoms with E-state index in [2.05, 4.69) is 0 Å². The van der Waals surface area contributed by atoms with E-state index >= 15 is 0 Å². The summed E-state index contributed by atoms with van der Waals surface area (Å²) in [6.45, 7) is 5.60. The number of fused-ring (bicyclic) bond motifs is 5. The second-order valence-corrected chi connectivity index (χ2v) is 6.76. The van der Waals surface area contributed by atoms with Gasteiger partial charge in [0.2, 0.25) is 11.6 Å². The third-order valence-corrected chi connectivity index (χ3v) is 5.00. The SMILES string of the molecule is Cc1coc2c1C(=O)C(=O)c1c-2ccc2c1C=CC(O)C2(C)C. The Balaban J connectivity index is 2.09. The topological polar surface area (TPSA) is 67.5 Å². The molecule has 1 unspecified atom stereocenters. The largest absolute Gasteiger partial charge is 0.463 e. The highest BCUT2D eigenvalue weighted by molar-refractivity contribution is 6.53. The molecule has 23 heavy (non-hydrogen) atoms. The Labute approximate surface area is 133 Å². The maximum atomic E-state index is 12.7. The van der Waals surface area contributed by atoms with Crippen molar-refractivity contribution in [1.82, 2.24) is 0 Å². The Morgan fingerprint density at radius 3 is 2.57 bits per heavy atom. The average molecular weight is 308 g/mol. The van der Waals surface area contributed by atoms with Crippen LogP contribution in [0.15, 0.2) is 28.9 Å². The zero-order valence-corrected chi connectivity index (χ0v) is 13.1. The second kappa shape index (κ2) is 4.30. The van der Waals surface area contributed by atoms with Gasteiger partial charge in [0, 0.05) is 16.5 Å². The fourth-order valence-electron chi connectivity index (χ4n) is 3.53. The maximum Gasteiger partial charge on any atom is 0.237 e. The Morgan fingerprint density at radius 1 is 1.13 bits per heavy atom. The van der Waals surface area contributed by atoms with E-state index in [1.165, 1.54) is 6.26 Å². The molecule has 0 spiro atoms. The molecule has 4 rings (SSSR count). The van der Waals surface area contributed by atoms with Crippen LogP contribution in [-0.4, -0.2) is 22.8 Å². The van der Waals surface area contributed by atoms with Gasteiger partial charge in [-0.2, -0.15) is 0 Å². The number of Topliss-reactive ketones (excluding diaryl/α,β-unsaturated/α-hetero) is 2. The minimum atomic E-state index is -0.635. The predicted molar refractivity (Wildman–Crippen MR) is 85.6 cm³/mol. The summed E-state index contributed by atoms with van der Waals surface area (Å²) < 4.78 is 5.55. The lowest BCUT2D eigenvalue weighted by molar-refractivity contribution is 0.0813. The fourth-order valence-corrected chi connectivity index (χ4v) is 3.53. The number of ketones is 2. The Kier molecular flexibility index (Phi) is 2.64. The van der Waals surface area contributed by atoms with Crippen LogP contribution in [0, 0.1) is 6.92 Å². The van der Waals surface area contributed by atoms with Gasteiger partial charge in [-0.15, -0.1) is 0 Å². The van der Waals surface area contributed by atoms with Gasteiger partial charge in [-0.1, -0.05) is 38.1 Å². The number of rotatable bonds is 0. The summed E-state index contributed by atoms with van der Waals surface area (Å²) in [6, 6.07) is 3.72. The summed E-state index contributed by atoms with van der Waals surface area (Å²) in [4.78, 5) is 25.2. The standard InChI is InChI=1S/C19H16O4/c1-9-8-23-18-11-4-6-12-10(5-7-13(20)19(12,2)3)15(11)17(22)16(21)14(9)18/h4-8,13,20H,1-3H3. The van der Waals surface area contributed by atoms with E-state index in [4.69, 9.17) is 4.42 Å². The van der Waals surface area contributed by atoms with Crippen molar-refractivity contribution in [1.29, 1.82) is 0 Å². The van der Waals surface area contributed by atoms with Crippen LogP contribution in [0.3, 0.4) is 0 Å². The maximum absolute atomic E-state index is 12.7. The summed E-state index contributed by atoms with van der Waals surface area (Å²) in [5.74, 6) is -0.572. The average Bonchev–Trinajstić information content (AvgIpc) is 2.90. The first-order valence-electron chi connectivity index (χ1n) is 7.55. The molecule has 1 N–H and O–H groups in total. The number of aryl methyl sites for hydroxylation is 1. The predicted octanol–water partition coefficient (Wildman–Crippen LogP) is 3.30. The summed E-state index contributed by atoms with van der Waals surface area (Å²) in [5, 5.41) is 10.2. The lowest BCUT2D eigenvalue weighted by atomic mass is 9.70. The van der Waals surface area contributed by atoms with Crippen molar-refractivity contribution < 1.29 is 19.1 Å². The van der Waals surface area contributed by atoms with Crippen LogP contribution in [0.4, 0.5) is 0 Å². The first kappa shape index (κ1) is 14.2. The van der Waals surface area contributed by atoms with Gasteiger partial charge < -0.3 is 9.52 Å². The molecule has 0 aliphatic heterocycles. The monoisotopic (exact) mass is 308 g/mol. The molecular formula is C19H16O4. The number of hydrogen-bond donors (Lipinski definition) is 1. The van der Waals surface area contributed by atoms with Crippen LogP contribution < -0.4 is 0 Å². The number of aliphatic hydroxyl groups is 1. The molecule has 0 amide bonds. The molecule has 4 nitrogen and oxygen atoms in total. The molecular weight excluding hydrogens is 292 g/mol. The fraction of sp³-hybridized carbons (Fsp3) is 0.263. The van der Waals surface area contributed by atoms with Gasteiger partial charge in [0.15, 0.2) is 0 Å². The van der Waals surface area contributed by atoms with Gasteiger partial charge in [0.1, 0.15) is 5.76 Å². The highest BCUT2D eigenvalue weighted by Gasteiger charge is 2.40. The molecule has 0 bridgehead atoms. The van der Waals surface area contributed by atoms with E-state index in [0.29, 0.717) is 33.6 Å². The molecule has 4 heteroatoms. The second-order valence-electron chi connectivity index (χ2n) is 6.76. The van der Waals surface area contributed by atoms with E-state index < -0.39 is 23.1 Å². The molecule has 0 saturated heterocycles. The molecule has 1 aromatic heterocycles. The molecule has 0 saturated carbocycles. The van der Waals surface area contributed by atoms with Gasteiger partial charge in [0.25, 0.3) is 0 Å². The van der Waals surface area contributed by atoms with Crippen LogP contribution >= 0.6 is 0 Å². The van der Waals surface area contributed by atoms with Crippen LogP contribution in [0.2, 0.25) is 0 Å². The molecule has 1 heterocycles. The molecule has 1 aromatic carbocycles. The normalized spacial score (nSPS) is 21.0. The van der Waals surface area contributed by atoms with Gasteiger partial charge >= 0.3 is 0 Å². The quantitative estimate of drug-likeness (QED) is 0.758. The van der Waals surface area contributed by atoms with E-state index in [0.717, 1.165) is 5.56 Å². The lowest BCUT2D eigenvalue weighted by Crippen LogP contribution is -2.36. The van der Waals surface area contributed by atoms with Crippen LogP contribution in [0.1, 0.15) is 51.3 Å². The van der Waals surface area contributed by atoms with Crippen LogP contribution in [0.25, 0.3) is 17.4 Å². The third kappa shape index (κ3) is 1.64. The van der Waals surface area contributed by atoms with Crippen LogP contribution in [0.5, 0.6) is 0 Å². The van der Waals surface area contributed by atoms with E-state index in [9.17, 15) is 14.7 Å². The van der Waals surface area contributed by atoms with Gasteiger partial charge in [0.05, 0.1) is 17.9 Å². The number of carbonyl (C=O) groups excluding carboxylic acids is 2. The van der Waals surface area contributed by atoms with Gasteiger partial charge in [-0.3, -0.25) is 9.59 Å². The number of hydrogen-bond acceptors (Lipinski definition) is 4. The van der Waals surface area contributed by atoms with Crippen molar-refractivity contribution in [2.75, 3.05) is 0 Å². The zero-order valence-electron chi connectivity index (χ0n) is 13.1. The van der Waals surface area contributed by atoms with Crippen molar-refractivity contribution in [3.8, 4) is 11.3 Å². The number of carbonyl (C=O) groups is 2. The number of benzene rings is 1. The van der Waals surface area contributed by atoms with E-state index in [-0.39, 0.29) is 0 Å². The highest BCUT2D eigenvalue weighted by Crippen LogP contribution is 2.44. The number of aliphatic hydroxyl groups excluding tert-OH is 1. The van der Waals surface area contributed by atoms with Gasteiger partial charge in [-0.25, -0.2) is 0 Å². The third-order valence-electron chi connectivity index (χ3n) is 5.00. The molecule has 0 radical (unpaired) electrons. The van der Waals surface area contributed by atoms with E-state index in [1.807, 2.05) is 26.0 Å². The molecule has 2 aliphatic rings. The minimum Gasteiger partial charge on any atom is -0.463 e. The highest BCUT2D eigenvalue weighted by atomic mass is 16.3. The van der Waals surface area contributed by atoms with Crippen molar-refractivity contribution >= 4 is 17.6 Å². The zero-order chi connectivity index (χ0) is 16.5. The minimum absolute atomic E-state index is 0.363. The Morgan fingerprint density at radius 2 is 1.83 bits per heavy atom.